The lowest BCUT2D eigenvalue weighted by Crippen LogP contribution is -2.40. The summed E-state index contributed by atoms with van der Waals surface area (Å²) in [5, 5.41) is 7.06. The Labute approximate surface area is 148 Å². The molecule has 1 N–H and O–H groups in total. The van der Waals surface area contributed by atoms with Crippen molar-refractivity contribution in [2.24, 2.45) is 0 Å². The van der Waals surface area contributed by atoms with Crippen molar-refractivity contribution in [1.82, 2.24) is 15.1 Å². The minimum Gasteiger partial charge on any atom is -0.492 e. The predicted molar refractivity (Wildman–Crippen MR) is 94.8 cm³/mol. The van der Waals surface area contributed by atoms with Crippen LogP contribution in [0.15, 0.2) is 36.4 Å². The number of H-pyrrole nitrogens is 1. The fourth-order valence-corrected chi connectivity index (χ4v) is 2.91. The lowest BCUT2D eigenvalue weighted by Gasteiger charge is -2.24. The Morgan fingerprint density at radius 3 is 2.92 bits per heavy atom. The molecule has 2 heterocycles. The first-order chi connectivity index (χ1) is 12.3. The number of amides is 1. The van der Waals surface area contributed by atoms with Crippen molar-refractivity contribution < 1.29 is 14.3 Å². The van der Waals surface area contributed by atoms with Crippen LogP contribution < -0.4 is 4.74 Å². The predicted octanol–water partition coefficient (Wildman–Crippen LogP) is 2.67. The molecule has 6 heteroatoms. The molecule has 1 amide bonds. The molecule has 1 saturated heterocycles. The molecule has 2 aromatic rings. The number of hydrogen-bond donors (Lipinski definition) is 1. The van der Waals surface area contributed by atoms with E-state index in [-0.39, 0.29) is 12.0 Å². The first-order valence-electron chi connectivity index (χ1n) is 8.89. The molecule has 0 bridgehead atoms. The molecule has 0 spiro atoms. The first-order valence-corrected chi connectivity index (χ1v) is 8.89. The van der Waals surface area contributed by atoms with Crippen LogP contribution in [0.4, 0.5) is 0 Å². The van der Waals surface area contributed by atoms with E-state index in [2.05, 4.69) is 10.2 Å². The van der Waals surface area contributed by atoms with Gasteiger partial charge in [-0.25, -0.2) is 0 Å². The minimum atomic E-state index is -0.0805. The third-order valence-electron chi connectivity index (χ3n) is 4.34. The average molecular weight is 343 g/mol. The Bertz CT molecular complexity index is 666. The number of aryl methyl sites for hydroxylation is 1. The zero-order chi connectivity index (χ0) is 17.5. The van der Waals surface area contributed by atoms with Crippen LogP contribution in [0.5, 0.6) is 5.75 Å². The van der Waals surface area contributed by atoms with Crippen molar-refractivity contribution >= 4 is 5.91 Å². The summed E-state index contributed by atoms with van der Waals surface area (Å²) in [5.41, 5.74) is 1.41. The highest BCUT2D eigenvalue weighted by molar-refractivity contribution is 5.92. The monoisotopic (exact) mass is 343 g/mol. The van der Waals surface area contributed by atoms with Crippen LogP contribution in [0.3, 0.4) is 0 Å². The van der Waals surface area contributed by atoms with Crippen LogP contribution in [-0.2, 0) is 11.2 Å². The van der Waals surface area contributed by atoms with Crippen molar-refractivity contribution in [3.63, 3.8) is 0 Å². The smallest absolute Gasteiger partial charge is 0.274 e. The molecular formula is C19H25N3O3. The summed E-state index contributed by atoms with van der Waals surface area (Å²) in [6.07, 6.45) is 2.97. The number of ether oxygens (including phenoxy) is 2. The average Bonchev–Trinajstić information content (AvgIpc) is 3.33. The maximum absolute atomic E-state index is 12.8. The fraction of sp³-hybridized carbons (Fsp3) is 0.474. The summed E-state index contributed by atoms with van der Waals surface area (Å²) in [4.78, 5) is 14.6. The van der Waals surface area contributed by atoms with Crippen LogP contribution in [-0.4, -0.2) is 53.4 Å². The maximum Gasteiger partial charge on any atom is 0.274 e. The summed E-state index contributed by atoms with van der Waals surface area (Å²) in [7, 11) is 0. The Balaban J connectivity index is 1.62. The Morgan fingerprint density at radius 1 is 1.40 bits per heavy atom. The molecular weight excluding hydrogens is 318 g/mol. The van der Waals surface area contributed by atoms with Gasteiger partial charge in [0.15, 0.2) is 0 Å². The van der Waals surface area contributed by atoms with Gasteiger partial charge in [-0.15, -0.1) is 0 Å². The van der Waals surface area contributed by atoms with Gasteiger partial charge < -0.3 is 14.4 Å². The number of carbonyl (C=O) groups excluding carboxylic acids is 1. The SMILES string of the molecule is CCc1cc(C(=O)N(CCOc2ccccc2)CC2CCCO2)n[nH]1. The zero-order valence-corrected chi connectivity index (χ0v) is 14.6. The number of para-hydroxylation sites is 1. The van der Waals surface area contributed by atoms with Crippen LogP contribution >= 0.6 is 0 Å². The lowest BCUT2D eigenvalue weighted by atomic mass is 10.2. The number of carbonyl (C=O) groups is 1. The fourth-order valence-electron chi connectivity index (χ4n) is 2.91. The normalized spacial score (nSPS) is 16.8. The van der Waals surface area contributed by atoms with Crippen LogP contribution in [0.25, 0.3) is 0 Å². The number of aromatic nitrogens is 2. The summed E-state index contributed by atoms with van der Waals surface area (Å²) in [6, 6.07) is 11.5. The third-order valence-corrected chi connectivity index (χ3v) is 4.34. The number of nitrogens with zero attached hydrogens (tertiary/aromatic N) is 2. The van der Waals surface area contributed by atoms with E-state index in [9.17, 15) is 4.79 Å². The van der Waals surface area contributed by atoms with Crippen molar-refractivity contribution in [3.05, 3.63) is 47.8 Å². The number of nitrogens with one attached hydrogen (secondary N) is 1. The standard InChI is InChI=1S/C19H25N3O3/c1-2-15-13-18(21-20-15)19(23)22(14-17-9-6-11-24-17)10-12-25-16-7-4-3-5-8-16/h3-5,7-8,13,17H,2,6,9-12,14H2,1H3,(H,20,21). The van der Waals surface area contributed by atoms with E-state index >= 15 is 0 Å². The van der Waals surface area contributed by atoms with Gasteiger partial charge >= 0.3 is 0 Å². The largest absolute Gasteiger partial charge is 0.492 e. The van der Waals surface area contributed by atoms with Crippen molar-refractivity contribution in [2.45, 2.75) is 32.3 Å². The van der Waals surface area contributed by atoms with Gasteiger partial charge in [-0.2, -0.15) is 5.10 Å². The van der Waals surface area contributed by atoms with E-state index in [1.54, 1.807) is 4.90 Å². The van der Waals surface area contributed by atoms with E-state index in [1.165, 1.54) is 0 Å². The molecule has 134 valence electrons. The van der Waals surface area contributed by atoms with Crippen molar-refractivity contribution in [2.75, 3.05) is 26.3 Å². The van der Waals surface area contributed by atoms with E-state index in [1.807, 2.05) is 43.3 Å². The molecule has 1 unspecified atom stereocenters. The molecule has 25 heavy (non-hydrogen) atoms. The molecule has 1 aromatic carbocycles. The van der Waals surface area contributed by atoms with Crippen LogP contribution in [0.2, 0.25) is 0 Å². The van der Waals surface area contributed by atoms with E-state index < -0.39 is 0 Å². The second-order valence-electron chi connectivity index (χ2n) is 6.18. The van der Waals surface area contributed by atoms with Crippen LogP contribution in [0, 0.1) is 0 Å². The van der Waals surface area contributed by atoms with Gasteiger partial charge in [0.05, 0.1) is 12.6 Å². The summed E-state index contributed by atoms with van der Waals surface area (Å²) >= 11 is 0. The van der Waals surface area contributed by atoms with E-state index in [0.29, 0.717) is 25.4 Å². The summed E-state index contributed by atoms with van der Waals surface area (Å²) in [5.74, 6) is 0.725. The molecule has 1 aliphatic rings. The van der Waals surface area contributed by atoms with Gasteiger partial charge in [0.25, 0.3) is 5.91 Å². The minimum absolute atomic E-state index is 0.0805. The van der Waals surface area contributed by atoms with E-state index in [0.717, 1.165) is 37.3 Å². The molecule has 6 nitrogen and oxygen atoms in total. The second kappa shape index (κ2) is 8.67. The molecule has 1 atom stereocenters. The molecule has 1 fully saturated rings. The number of hydrogen-bond acceptors (Lipinski definition) is 4. The van der Waals surface area contributed by atoms with Crippen molar-refractivity contribution in [1.29, 1.82) is 0 Å². The maximum atomic E-state index is 12.8. The highest BCUT2D eigenvalue weighted by Gasteiger charge is 2.24. The van der Waals surface area contributed by atoms with Gasteiger partial charge in [0.2, 0.25) is 0 Å². The summed E-state index contributed by atoms with van der Waals surface area (Å²) < 4.78 is 11.4. The number of aromatic amines is 1. The highest BCUT2D eigenvalue weighted by Crippen LogP contribution is 2.15. The van der Waals surface area contributed by atoms with Gasteiger partial charge in [-0.05, 0) is 37.5 Å². The highest BCUT2D eigenvalue weighted by atomic mass is 16.5. The molecule has 1 aliphatic heterocycles. The lowest BCUT2D eigenvalue weighted by molar-refractivity contribution is 0.0489. The summed E-state index contributed by atoms with van der Waals surface area (Å²) in [6.45, 7) is 4.32. The number of rotatable bonds is 8. The zero-order valence-electron chi connectivity index (χ0n) is 14.6. The molecule has 0 aliphatic carbocycles. The molecule has 1 aromatic heterocycles. The van der Waals surface area contributed by atoms with E-state index in [4.69, 9.17) is 9.47 Å². The molecule has 0 radical (unpaired) electrons. The van der Waals surface area contributed by atoms with Gasteiger partial charge in [0.1, 0.15) is 18.1 Å². The Kier molecular flexibility index (Phi) is 6.06. The van der Waals surface area contributed by atoms with Crippen molar-refractivity contribution in [3.8, 4) is 5.75 Å². The second-order valence-corrected chi connectivity index (χ2v) is 6.18. The Morgan fingerprint density at radius 2 is 2.24 bits per heavy atom. The Hall–Kier alpha value is -2.34. The van der Waals surface area contributed by atoms with Gasteiger partial charge in [-0.3, -0.25) is 9.89 Å². The number of benzene rings is 1. The first kappa shape index (κ1) is 17.5. The van der Waals surface area contributed by atoms with Gasteiger partial charge in [-0.1, -0.05) is 25.1 Å². The third kappa shape index (κ3) is 4.82. The molecule has 0 saturated carbocycles. The quantitative estimate of drug-likeness (QED) is 0.800. The molecule has 3 rings (SSSR count). The van der Waals surface area contributed by atoms with Crippen LogP contribution in [0.1, 0.15) is 35.9 Å². The topological polar surface area (TPSA) is 67.5 Å². The van der Waals surface area contributed by atoms with Gasteiger partial charge in [0, 0.05) is 18.8 Å².